The van der Waals surface area contributed by atoms with E-state index in [1.54, 1.807) is 25.6 Å². The van der Waals surface area contributed by atoms with E-state index in [4.69, 9.17) is 5.73 Å². The zero-order chi connectivity index (χ0) is 23.0. The maximum Gasteiger partial charge on any atom is 0.326 e. The molecule has 0 aliphatic carbocycles. The Balaban J connectivity index is 2.89. The van der Waals surface area contributed by atoms with Gasteiger partial charge in [-0.15, -0.1) is 0 Å². The summed E-state index contributed by atoms with van der Waals surface area (Å²) in [6.45, 7) is 7.44. The van der Waals surface area contributed by atoms with Crippen LogP contribution in [0.4, 0.5) is 0 Å². The highest BCUT2D eigenvalue weighted by Gasteiger charge is 2.40. The highest BCUT2D eigenvalue weighted by molar-refractivity contribution is 7.98. The third-order valence-corrected chi connectivity index (χ3v) is 5.91. The van der Waals surface area contributed by atoms with Crippen LogP contribution in [0, 0.1) is 11.8 Å². The number of thioether (sulfide) groups is 1. The molecule has 4 unspecified atom stereocenters. The summed E-state index contributed by atoms with van der Waals surface area (Å²) < 4.78 is 0. The van der Waals surface area contributed by atoms with Crippen molar-refractivity contribution in [3.63, 3.8) is 0 Å². The molecule has 0 spiro atoms. The standard InChI is InChI=1S/C20H36N4O5S/c1-11(2)15(22-17(25)13(21)8-10-30-5)19(27)24-9-6-7-14(24)18(26)23-16(12(3)4)20(28)29/h11-16H,6-10,21H2,1-5H3,(H,22,25)(H,23,26)(H,28,29). The van der Waals surface area contributed by atoms with Crippen LogP contribution in [0.5, 0.6) is 0 Å². The molecule has 5 N–H and O–H groups in total. The summed E-state index contributed by atoms with van der Waals surface area (Å²) in [5.41, 5.74) is 5.92. The predicted molar refractivity (Wildman–Crippen MR) is 117 cm³/mol. The fraction of sp³-hybridized carbons (Fsp3) is 0.800. The van der Waals surface area contributed by atoms with E-state index < -0.39 is 36.0 Å². The second-order valence-corrected chi connectivity index (χ2v) is 9.36. The highest BCUT2D eigenvalue weighted by Crippen LogP contribution is 2.21. The van der Waals surface area contributed by atoms with E-state index >= 15 is 0 Å². The van der Waals surface area contributed by atoms with E-state index in [0.29, 0.717) is 25.8 Å². The maximum atomic E-state index is 13.2. The molecule has 172 valence electrons. The summed E-state index contributed by atoms with van der Waals surface area (Å²) in [4.78, 5) is 51.2. The summed E-state index contributed by atoms with van der Waals surface area (Å²) in [5.74, 6) is -2.06. The van der Waals surface area contributed by atoms with Gasteiger partial charge in [-0.25, -0.2) is 4.79 Å². The average Bonchev–Trinajstić information content (AvgIpc) is 3.16. The van der Waals surface area contributed by atoms with E-state index in [9.17, 15) is 24.3 Å². The second kappa shape index (κ2) is 12.1. The van der Waals surface area contributed by atoms with Gasteiger partial charge in [0.1, 0.15) is 18.1 Å². The quantitative estimate of drug-likeness (QED) is 0.362. The minimum absolute atomic E-state index is 0.194. The van der Waals surface area contributed by atoms with Gasteiger partial charge in [0.25, 0.3) is 0 Å². The first kappa shape index (κ1) is 26.2. The fourth-order valence-electron chi connectivity index (χ4n) is 3.39. The number of nitrogens with one attached hydrogen (secondary N) is 2. The van der Waals surface area contributed by atoms with Crippen LogP contribution >= 0.6 is 11.8 Å². The minimum Gasteiger partial charge on any atom is -0.480 e. The first-order valence-electron chi connectivity index (χ1n) is 10.4. The number of nitrogens with zero attached hydrogens (tertiary/aromatic N) is 1. The van der Waals surface area contributed by atoms with Crippen molar-refractivity contribution in [2.24, 2.45) is 17.6 Å². The fourth-order valence-corrected chi connectivity index (χ4v) is 3.88. The average molecular weight is 445 g/mol. The van der Waals surface area contributed by atoms with Gasteiger partial charge in [0, 0.05) is 6.54 Å². The van der Waals surface area contributed by atoms with Gasteiger partial charge in [-0.2, -0.15) is 11.8 Å². The Bertz CT molecular complexity index is 628. The van der Waals surface area contributed by atoms with Crippen LogP contribution in [-0.2, 0) is 19.2 Å². The monoisotopic (exact) mass is 444 g/mol. The molecule has 1 aliphatic heterocycles. The van der Waals surface area contributed by atoms with Crippen molar-refractivity contribution in [3.8, 4) is 0 Å². The molecule has 0 aromatic heterocycles. The van der Waals surface area contributed by atoms with E-state index in [-0.39, 0.29) is 23.7 Å². The van der Waals surface area contributed by atoms with E-state index in [1.807, 2.05) is 20.1 Å². The van der Waals surface area contributed by atoms with Crippen molar-refractivity contribution in [2.45, 2.75) is 71.1 Å². The Morgan fingerprint density at radius 1 is 1.10 bits per heavy atom. The van der Waals surface area contributed by atoms with Crippen LogP contribution in [0.1, 0.15) is 47.0 Å². The molecule has 9 nitrogen and oxygen atoms in total. The van der Waals surface area contributed by atoms with Gasteiger partial charge in [-0.3, -0.25) is 14.4 Å². The smallest absolute Gasteiger partial charge is 0.326 e. The van der Waals surface area contributed by atoms with Gasteiger partial charge in [0.15, 0.2) is 0 Å². The number of nitrogens with two attached hydrogens (primary N) is 1. The summed E-state index contributed by atoms with van der Waals surface area (Å²) in [5, 5.41) is 14.6. The molecule has 1 saturated heterocycles. The number of carboxylic acids is 1. The zero-order valence-corrected chi connectivity index (χ0v) is 19.3. The van der Waals surface area contributed by atoms with Gasteiger partial charge < -0.3 is 26.4 Å². The van der Waals surface area contributed by atoms with Gasteiger partial charge in [-0.1, -0.05) is 27.7 Å². The van der Waals surface area contributed by atoms with E-state index in [0.717, 1.165) is 5.75 Å². The van der Waals surface area contributed by atoms with Crippen LogP contribution in [-0.4, -0.2) is 76.4 Å². The van der Waals surface area contributed by atoms with Crippen LogP contribution < -0.4 is 16.4 Å². The number of aliphatic carboxylic acids is 1. The molecule has 1 aliphatic rings. The molecule has 30 heavy (non-hydrogen) atoms. The lowest BCUT2D eigenvalue weighted by Crippen LogP contribution is -2.58. The highest BCUT2D eigenvalue weighted by atomic mass is 32.2. The third kappa shape index (κ3) is 7.16. The lowest BCUT2D eigenvalue weighted by Gasteiger charge is -2.31. The molecule has 0 aromatic carbocycles. The molecule has 1 heterocycles. The zero-order valence-electron chi connectivity index (χ0n) is 18.5. The topological polar surface area (TPSA) is 142 Å². The Labute approximate surface area is 182 Å². The van der Waals surface area contributed by atoms with Gasteiger partial charge >= 0.3 is 5.97 Å². The van der Waals surface area contributed by atoms with Crippen LogP contribution in [0.25, 0.3) is 0 Å². The number of hydrogen-bond donors (Lipinski definition) is 4. The molecule has 1 rings (SSSR count). The maximum absolute atomic E-state index is 13.2. The van der Waals surface area contributed by atoms with Crippen molar-refractivity contribution >= 4 is 35.5 Å². The lowest BCUT2D eigenvalue weighted by atomic mass is 10.0. The molecule has 4 atom stereocenters. The SMILES string of the molecule is CSCCC(N)C(=O)NC(C(=O)N1CCCC1C(=O)NC(C(=O)O)C(C)C)C(C)C. The molecular weight excluding hydrogens is 408 g/mol. The molecule has 10 heteroatoms. The third-order valence-electron chi connectivity index (χ3n) is 5.27. The van der Waals surface area contributed by atoms with Crippen molar-refractivity contribution in [3.05, 3.63) is 0 Å². The molecular formula is C20H36N4O5S. The number of carboxylic acid groups (broad SMARTS) is 1. The Kier molecular flexibility index (Phi) is 10.6. The van der Waals surface area contributed by atoms with Crippen LogP contribution in [0.3, 0.4) is 0 Å². The normalized spacial score (nSPS) is 19.5. The largest absolute Gasteiger partial charge is 0.480 e. The number of hydrogen-bond acceptors (Lipinski definition) is 6. The molecule has 0 aromatic rings. The van der Waals surface area contributed by atoms with Crippen molar-refractivity contribution in [1.29, 1.82) is 0 Å². The van der Waals surface area contributed by atoms with Gasteiger partial charge in [0.2, 0.25) is 17.7 Å². The summed E-state index contributed by atoms with van der Waals surface area (Å²) in [7, 11) is 0. The van der Waals surface area contributed by atoms with E-state index in [2.05, 4.69) is 10.6 Å². The predicted octanol–water partition coefficient (Wildman–Crippen LogP) is 0.424. The Morgan fingerprint density at radius 3 is 2.20 bits per heavy atom. The van der Waals surface area contributed by atoms with Crippen LogP contribution in [0.2, 0.25) is 0 Å². The number of carbonyl (C=O) groups is 4. The summed E-state index contributed by atoms with van der Waals surface area (Å²) in [6, 6.07) is -3.27. The molecule has 3 amide bonds. The molecule has 1 fully saturated rings. The van der Waals surface area contributed by atoms with Gasteiger partial charge in [0.05, 0.1) is 6.04 Å². The number of carbonyl (C=O) groups excluding carboxylic acids is 3. The van der Waals surface area contributed by atoms with Crippen molar-refractivity contribution < 1.29 is 24.3 Å². The minimum atomic E-state index is -1.11. The Morgan fingerprint density at radius 2 is 1.70 bits per heavy atom. The molecule has 0 radical (unpaired) electrons. The number of amides is 3. The lowest BCUT2D eigenvalue weighted by molar-refractivity contribution is -0.146. The van der Waals surface area contributed by atoms with Crippen LogP contribution in [0.15, 0.2) is 0 Å². The van der Waals surface area contributed by atoms with Crippen molar-refractivity contribution in [2.75, 3.05) is 18.6 Å². The second-order valence-electron chi connectivity index (χ2n) is 8.38. The Hall–Kier alpha value is -1.81. The molecule has 0 bridgehead atoms. The van der Waals surface area contributed by atoms with Gasteiger partial charge in [-0.05, 0) is 43.1 Å². The summed E-state index contributed by atoms with van der Waals surface area (Å²) in [6.07, 6.45) is 3.52. The van der Waals surface area contributed by atoms with Crippen molar-refractivity contribution in [1.82, 2.24) is 15.5 Å². The summed E-state index contributed by atoms with van der Waals surface area (Å²) >= 11 is 1.59. The first-order valence-corrected chi connectivity index (χ1v) is 11.8. The van der Waals surface area contributed by atoms with E-state index in [1.165, 1.54) is 4.90 Å². The molecule has 0 saturated carbocycles. The number of rotatable bonds is 11. The first-order chi connectivity index (χ1) is 14.0. The number of likely N-dealkylation sites (tertiary alicyclic amines) is 1.